The van der Waals surface area contributed by atoms with Crippen LogP contribution in [0.3, 0.4) is 0 Å². The number of hydrogen-bond donors (Lipinski definition) is 1. The van der Waals surface area contributed by atoms with Gasteiger partial charge in [0.25, 0.3) is 0 Å². The zero-order valence-electron chi connectivity index (χ0n) is 12.2. The largest absolute Gasteiger partial charge is 0.494 e. The second-order valence-electron chi connectivity index (χ2n) is 4.81. The molecular formula is C17H19Cl2NO. The summed E-state index contributed by atoms with van der Waals surface area (Å²) in [6.07, 6.45) is 0. The molecule has 2 rings (SSSR count). The molecule has 2 nitrogen and oxygen atoms in total. The first-order valence-electron chi connectivity index (χ1n) is 7.01. The molecule has 0 aliphatic heterocycles. The Hall–Kier alpha value is -1.22. The van der Waals surface area contributed by atoms with E-state index < -0.39 is 0 Å². The van der Waals surface area contributed by atoms with Crippen molar-refractivity contribution in [1.29, 1.82) is 0 Å². The molecule has 4 heteroatoms. The first kappa shape index (κ1) is 16.2. The molecule has 0 saturated heterocycles. The Morgan fingerprint density at radius 1 is 1.14 bits per heavy atom. The second kappa shape index (κ2) is 7.69. The summed E-state index contributed by atoms with van der Waals surface area (Å²) >= 11 is 12.2. The summed E-state index contributed by atoms with van der Waals surface area (Å²) in [5, 5.41) is 4.80. The minimum Gasteiger partial charge on any atom is -0.494 e. The molecule has 1 unspecified atom stereocenters. The summed E-state index contributed by atoms with van der Waals surface area (Å²) < 4.78 is 5.63. The van der Waals surface area contributed by atoms with Crippen LogP contribution in [0, 0.1) is 0 Å². The molecular weight excluding hydrogens is 305 g/mol. The smallest absolute Gasteiger partial charge is 0.123 e. The van der Waals surface area contributed by atoms with Crippen molar-refractivity contribution in [3.05, 3.63) is 63.6 Å². The zero-order chi connectivity index (χ0) is 15.2. The summed E-state index contributed by atoms with van der Waals surface area (Å²) in [5.74, 6) is 0.918. The van der Waals surface area contributed by atoms with Gasteiger partial charge < -0.3 is 10.1 Å². The fraction of sp³-hybridized carbons (Fsp3) is 0.294. The quantitative estimate of drug-likeness (QED) is 0.784. The van der Waals surface area contributed by atoms with Crippen LogP contribution in [0.5, 0.6) is 5.75 Å². The lowest BCUT2D eigenvalue weighted by Crippen LogP contribution is -2.19. The molecule has 0 aliphatic rings. The molecule has 21 heavy (non-hydrogen) atoms. The van der Waals surface area contributed by atoms with Crippen LogP contribution in [-0.2, 0) is 6.54 Å². The van der Waals surface area contributed by atoms with E-state index in [1.165, 1.54) is 0 Å². The molecule has 0 fully saturated rings. The lowest BCUT2D eigenvalue weighted by Gasteiger charge is -2.17. The van der Waals surface area contributed by atoms with Gasteiger partial charge in [-0.2, -0.15) is 0 Å². The number of para-hydroxylation sites is 1. The molecule has 0 amide bonds. The van der Waals surface area contributed by atoms with Gasteiger partial charge in [0, 0.05) is 28.2 Å². The Kier molecular flexibility index (Phi) is 5.92. The van der Waals surface area contributed by atoms with E-state index in [-0.39, 0.29) is 6.04 Å². The van der Waals surface area contributed by atoms with Gasteiger partial charge in [-0.05, 0) is 37.6 Å². The Morgan fingerprint density at radius 2 is 1.90 bits per heavy atom. The first-order chi connectivity index (χ1) is 10.1. The zero-order valence-corrected chi connectivity index (χ0v) is 13.7. The highest BCUT2D eigenvalue weighted by Gasteiger charge is 2.11. The van der Waals surface area contributed by atoms with Gasteiger partial charge in [0.2, 0.25) is 0 Å². The molecule has 0 aliphatic carbocycles. The van der Waals surface area contributed by atoms with Crippen molar-refractivity contribution in [2.75, 3.05) is 6.61 Å². The lowest BCUT2D eigenvalue weighted by atomic mass is 10.1. The molecule has 1 N–H and O–H groups in total. The molecule has 1 atom stereocenters. The predicted molar refractivity (Wildman–Crippen MR) is 89.3 cm³/mol. The van der Waals surface area contributed by atoms with E-state index in [2.05, 4.69) is 18.3 Å². The Balaban J connectivity index is 2.05. The fourth-order valence-corrected chi connectivity index (χ4v) is 2.74. The van der Waals surface area contributed by atoms with Crippen molar-refractivity contribution in [1.82, 2.24) is 5.32 Å². The lowest BCUT2D eigenvalue weighted by molar-refractivity contribution is 0.335. The minimum absolute atomic E-state index is 0.129. The summed E-state index contributed by atoms with van der Waals surface area (Å²) in [6.45, 7) is 5.45. The number of benzene rings is 2. The van der Waals surface area contributed by atoms with Crippen molar-refractivity contribution in [3.8, 4) is 5.75 Å². The normalized spacial score (nSPS) is 12.2. The predicted octanol–water partition coefficient (Wildman–Crippen LogP) is 5.24. The maximum atomic E-state index is 6.24. The van der Waals surface area contributed by atoms with E-state index in [0.29, 0.717) is 16.7 Å². The standard InChI is InChI=1S/C17H19Cl2NO/c1-3-21-17-7-5-4-6-13(17)11-20-12(2)15-9-8-14(18)10-16(15)19/h4-10,12,20H,3,11H2,1-2H3. The summed E-state index contributed by atoms with van der Waals surface area (Å²) in [4.78, 5) is 0. The third-order valence-electron chi connectivity index (χ3n) is 3.30. The van der Waals surface area contributed by atoms with Gasteiger partial charge in [-0.1, -0.05) is 47.5 Å². The topological polar surface area (TPSA) is 21.3 Å². The average Bonchev–Trinajstić information content (AvgIpc) is 2.46. The maximum absolute atomic E-state index is 6.24. The molecule has 0 bridgehead atoms. The van der Waals surface area contributed by atoms with Crippen molar-refractivity contribution in [2.45, 2.75) is 26.4 Å². The summed E-state index contributed by atoms with van der Waals surface area (Å²) in [6, 6.07) is 13.8. The van der Waals surface area contributed by atoms with E-state index >= 15 is 0 Å². The molecule has 0 radical (unpaired) electrons. The number of hydrogen-bond acceptors (Lipinski definition) is 2. The SMILES string of the molecule is CCOc1ccccc1CNC(C)c1ccc(Cl)cc1Cl. The van der Waals surface area contributed by atoms with Gasteiger partial charge in [0.15, 0.2) is 0 Å². The van der Waals surface area contributed by atoms with Crippen LogP contribution in [-0.4, -0.2) is 6.61 Å². The Bertz CT molecular complexity index is 601. The van der Waals surface area contributed by atoms with Crippen LogP contribution < -0.4 is 10.1 Å². The van der Waals surface area contributed by atoms with Gasteiger partial charge in [-0.25, -0.2) is 0 Å². The van der Waals surface area contributed by atoms with E-state index in [1.54, 1.807) is 6.07 Å². The van der Waals surface area contributed by atoms with Crippen LogP contribution in [0.15, 0.2) is 42.5 Å². The Labute approximate surface area is 136 Å². The van der Waals surface area contributed by atoms with E-state index in [0.717, 1.165) is 23.4 Å². The number of halogens is 2. The van der Waals surface area contributed by atoms with Gasteiger partial charge in [-0.15, -0.1) is 0 Å². The first-order valence-corrected chi connectivity index (χ1v) is 7.76. The van der Waals surface area contributed by atoms with Gasteiger partial charge in [-0.3, -0.25) is 0 Å². The van der Waals surface area contributed by atoms with Crippen molar-refractivity contribution in [3.63, 3.8) is 0 Å². The van der Waals surface area contributed by atoms with Crippen LogP contribution in [0.2, 0.25) is 10.0 Å². The minimum atomic E-state index is 0.129. The summed E-state index contributed by atoms with van der Waals surface area (Å²) in [7, 11) is 0. The molecule has 0 aromatic heterocycles. The van der Waals surface area contributed by atoms with Crippen molar-refractivity contribution >= 4 is 23.2 Å². The average molecular weight is 324 g/mol. The molecule has 0 spiro atoms. The highest BCUT2D eigenvalue weighted by atomic mass is 35.5. The van der Waals surface area contributed by atoms with Crippen LogP contribution in [0.1, 0.15) is 31.0 Å². The maximum Gasteiger partial charge on any atom is 0.123 e. The number of ether oxygens (including phenoxy) is 1. The highest BCUT2D eigenvalue weighted by molar-refractivity contribution is 6.35. The van der Waals surface area contributed by atoms with E-state index in [1.807, 2.05) is 37.3 Å². The van der Waals surface area contributed by atoms with E-state index in [4.69, 9.17) is 27.9 Å². The van der Waals surface area contributed by atoms with Crippen LogP contribution in [0.25, 0.3) is 0 Å². The molecule has 0 heterocycles. The van der Waals surface area contributed by atoms with Crippen molar-refractivity contribution in [2.24, 2.45) is 0 Å². The van der Waals surface area contributed by atoms with Crippen LogP contribution in [0.4, 0.5) is 0 Å². The molecule has 2 aromatic rings. The Morgan fingerprint density at radius 3 is 2.62 bits per heavy atom. The molecule has 2 aromatic carbocycles. The highest BCUT2D eigenvalue weighted by Crippen LogP contribution is 2.27. The van der Waals surface area contributed by atoms with Crippen molar-refractivity contribution < 1.29 is 4.74 Å². The van der Waals surface area contributed by atoms with Gasteiger partial charge in [0.05, 0.1) is 6.61 Å². The van der Waals surface area contributed by atoms with Gasteiger partial charge in [0.1, 0.15) is 5.75 Å². The third kappa shape index (κ3) is 4.37. The monoisotopic (exact) mass is 323 g/mol. The molecule has 0 saturated carbocycles. The fourth-order valence-electron chi connectivity index (χ4n) is 2.17. The van der Waals surface area contributed by atoms with Crippen LogP contribution >= 0.6 is 23.2 Å². The molecule has 112 valence electrons. The number of rotatable bonds is 6. The second-order valence-corrected chi connectivity index (χ2v) is 5.65. The van der Waals surface area contributed by atoms with E-state index in [9.17, 15) is 0 Å². The number of nitrogens with one attached hydrogen (secondary N) is 1. The van der Waals surface area contributed by atoms with Gasteiger partial charge >= 0.3 is 0 Å². The summed E-state index contributed by atoms with van der Waals surface area (Å²) in [5.41, 5.74) is 2.17. The third-order valence-corrected chi connectivity index (χ3v) is 3.86.